The van der Waals surface area contributed by atoms with E-state index in [9.17, 15) is 0 Å². The first-order valence-corrected chi connectivity index (χ1v) is 15.1. The molecule has 44 heavy (non-hydrogen) atoms. The molecule has 0 aliphatic heterocycles. The lowest BCUT2D eigenvalue weighted by Gasteiger charge is -2.17. The highest BCUT2D eigenvalue weighted by Crippen LogP contribution is 2.55. The summed E-state index contributed by atoms with van der Waals surface area (Å²) in [6.07, 6.45) is 0. The number of hydrogen-bond donors (Lipinski definition) is 0. The number of benzene rings is 7. The maximum Gasteiger partial charge on any atom is 0.161 e. The quantitative estimate of drug-likeness (QED) is 0.216. The predicted octanol–water partition coefficient (Wildman–Crippen LogP) is 11.1. The summed E-state index contributed by atoms with van der Waals surface area (Å²) < 4.78 is 0. The molecule has 2 nitrogen and oxygen atoms in total. The summed E-state index contributed by atoms with van der Waals surface area (Å²) in [6.45, 7) is 0. The Morgan fingerprint density at radius 2 is 0.773 bits per heavy atom. The number of nitrogens with zero attached hydrogens (tertiary/aromatic N) is 2. The zero-order chi connectivity index (χ0) is 28.8. The zero-order valence-electron chi connectivity index (χ0n) is 23.8. The van der Waals surface area contributed by atoms with E-state index >= 15 is 0 Å². The largest absolute Gasteiger partial charge is 0.227 e. The van der Waals surface area contributed by atoms with Gasteiger partial charge >= 0.3 is 0 Å². The Hall–Kier alpha value is -5.86. The highest BCUT2D eigenvalue weighted by atomic mass is 14.9. The van der Waals surface area contributed by atoms with Gasteiger partial charge in [0.15, 0.2) is 5.82 Å². The second-order valence-corrected chi connectivity index (χ2v) is 11.7. The molecular formula is C42H24N2. The van der Waals surface area contributed by atoms with Gasteiger partial charge in [-0.25, -0.2) is 9.97 Å². The number of aromatic nitrogens is 2. The summed E-state index contributed by atoms with van der Waals surface area (Å²) in [5.41, 5.74) is 15.1. The van der Waals surface area contributed by atoms with Gasteiger partial charge in [-0.3, -0.25) is 0 Å². The van der Waals surface area contributed by atoms with E-state index in [0.717, 1.165) is 33.9 Å². The average Bonchev–Trinajstić information content (AvgIpc) is 3.61. The second kappa shape index (κ2) is 8.82. The third-order valence-electron chi connectivity index (χ3n) is 9.36. The Kier molecular flexibility index (Phi) is 4.75. The molecule has 0 fully saturated rings. The van der Waals surface area contributed by atoms with Crippen molar-refractivity contribution >= 4 is 21.5 Å². The molecule has 0 saturated heterocycles. The van der Waals surface area contributed by atoms with Crippen LogP contribution >= 0.6 is 0 Å². The van der Waals surface area contributed by atoms with Crippen molar-refractivity contribution in [3.8, 4) is 78.4 Å². The van der Waals surface area contributed by atoms with Crippen molar-refractivity contribution in [2.75, 3.05) is 0 Å². The smallest absolute Gasteiger partial charge is 0.161 e. The maximum atomic E-state index is 5.45. The third kappa shape index (κ3) is 3.14. The maximum absolute atomic E-state index is 5.45. The van der Waals surface area contributed by atoms with Crippen molar-refractivity contribution in [3.63, 3.8) is 0 Å². The molecule has 202 valence electrons. The topological polar surface area (TPSA) is 25.8 Å². The van der Waals surface area contributed by atoms with E-state index in [2.05, 4.69) is 146 Å². The first-order chi connectivity index (χ1) is 21.8. The minimum absolute atomic E-state index is 0.757. The van der Waals surface area contributed by atoms with Crippen LogP contribution in [0, 0.1) is 0 Å². The highest BCUT2D eigenvalue weighted by Gasteiger charge is 2.31. The molecule has 0 spiro atoms. The van der Waals surface area contributed by atoms with E-state index < -0.39 is 0 Å². The highest BCUT2D eigenvalue weighted by molar-refractivity contribution is 6.21. The SMILES string of the molecule is c1ccc(-c2ccc(-c3nc(-c4ccccc4)c4c(n3)-c3cccc5cccc-4c35)c3c2-c2cccc4cccc-3c24)cc1. The van der Waals surface area contributed by atoms with Gasteiger partial charge in [0.25, 0.3) is 0 Å². The minimum Gasteiger partial charge on any atom is -0.227 e. The number of hydrogen-bond acceptors (Lipinski definition) is 2. The fourth-order valence-electron chi connectivity index (χ4n) is 7.55. The molecule has 0 N–H and O–H groups in total. The average molecular weight is 557 g/mol. The van der Waals surface area contributed by atoms with Crippen molar-refractivity contribution in [2.45, 2.75) is 0 Å². The predicted molar refractivity (Wildman–Crippen MR) is 182 cm³/mol. The van der Waals surface area contributed by atoms with E-state index in [1.807, 2.05) is 0 Å². The van der Waals surface area contributed by atoms with Crippen LogP contribution < -0.4 is 0 Å². The fourth-order valence-corrected chi connectivity index (χ4v) is 7.55. The molecule has 0 radical (unpaired) electrons. The van der Waals surface area contributed by atoms with Crippen LogP contribution in [0.4, 0.5) is 0 Å². The molecule has 0 bridgehead atoms. The lowest BCUT2D eigenvalue weighted by atomic mass is 9.89. The van der Waals surface area contributed by atoms with Crippen LogP contribution in [0.5, 0.6) is 0 Å². The molecular weight excluding hydrogens is 532 g/mol. The molecule has 2 aliphatic rings. The van der Waals surface area contributed by atoms with Gasteiger partial charge < -0.3 is 0 Å². The van der Waals surface area contributed by atoms with E-state index in [-0.39, 0.29) is 0 Å². The standard InChI is InChI=1S/C42H24N2/c1-3-11-25(12-4-1)29-23-24-34(38-31-20-8-16-26-15-7-19-30(35(26)31)37(29)38)42-43-40(28-13-5-2-6-14-28)39-32-21-9-17-27-18-10-22-33(36(27)32)41(39)44-42/h1-24H. The molecule has 0 amide bonds. The summed E-state index contributed by atoms with van der Waals surface area (Å²) in [5, 5.41) is 5.05. The first kappa shape index (κ1) is 23.7. The van der Waals surface area contributed by atoms with Crippen molar-refractivity contribution in [1.82, 2.24) is 9.97 Å². The van der Waals surface area contributed by atoms with Crippen LogP contribution in [0.15, 0.2) is 146 Å². The summed E-state index contributed by atoms with van der Waals surface area (Å²) in [5.74, 6) is 0.757. The van der Waals surface area contributed by atoms with E-state index in [1.54, 1.807) is 0 Å². The van der Waals surface area contributed by atoms with Crippen LogP contribution in [0.1, 0.15) is 0 Å². The molecule has 1 heterocycles. The summed E-state index contributed by atoms with van der Waals surface area (Å²) in [7, 11) is 0. The van der Waals surface area contributed by atoms with Crippen LogP contribution in [0.2, 0.25) is 0 Å². The van der Waals surface area contributed by atoms with Crippen LogP contribution in [-0.4, -0.2) is 9.97 Å². The number of rotatable bonds is 3. The van der Waals surface area contributed by atoms with Gasteiger partial charge in [-0.2, -0.15) is 0 Å². The van der Waals surface area contributed by atoms with Gasteiger partial charge in [0.1, 0.15) is 0 Å². The summed E-state index contributed by atoms with van der Waals surface area (Å²) in [4.78, 5) is 10.9. The van der Waals surface area contributed by atoms with Crippen molar-refractivity contribution in [3.05, 3.63) is 146 Å². The second-order valence-electron chi connectivity index (χ2n) is 11.7. The van der Waals surface area contributed by atoms with Crippen LogP contribution in [-0.2, 0) is 0 Å². The van der Waals surface area contributed by atoms with E-state index in [4.69, 9.17) is 9.97 Å². The lowest BCUT2D eigenvalue weighted by molar-refractivity contribution is 1.19. The Morgan fingerprint density at radius 3 is 1.41 bits per heavy atom. The molecule has 7 aromatic carbocycles. The molecule has 8 aromatic rings. The molecule has 0 unspecified atom stereocenters. The monoisotopic (exact) mass is 556 g/mol. The first-order valence-electron chi connectivity index (χ1n) is 15.1. The van der Waals surface area contributed by atoms with Crippen LogP contribution in [0.3, 0.4) is 0 Å². The van der Waals surface area contributed by atoms with Crippen molar-refractivity contribution in [1.29, 1.82) is 0 Å². The molecule has 10 rings (SSSR count). The third-order valence-corrected chi connectivity index (χ3v) is 9.36. The molecule has 1 aromatic heterocycles. The van der Waals surface area contributed by atoms with Gasteiger partial charge in [-0.1, -0.05) is 140 Å². The van der Waals surface area contributed by atoms with Gasteiger partial charge in [0, 0.05) is 27.8 Å². The van der Waals surface area contributed by atoms with Gasteiger partial charge in [0.2, 0.25) is 0 Å². The van der Waals surface area contributed by atoms with Crippen LogP contribution in [0.25, 0.3) is 100.0 Å². The molecule has 2 aliphatic carbocycles. The minimum atomic E-state index is 0.757. The van der Waals surface area contributed by atoms with E-state index in [0.29, 0.717) is 0 Å². The number of fused-ring (bicyclic) bond motifs is 6. The van der Waals surface area contributed by atoms with Gasteiger partial charge in [-0.05, 0) is 61.0 Å². The van der Waals surface area contributed by atoms with Crippen molar-refractivity contribution in [2.24, 2.45) is 0 Å². The summed E-state index contributed by atoms with van der Waals surface area (Å²) in [6, 6.07) is 52.2. The Morgan fingerprint density at radius 1 is 0.295 bits per heavy atom. The molecule has 2 heteroatoms. The Labute approximate surface area is 255 Å². The van der Waals surface area contributed by atoms with Gasteiger partial charge in [-0.15, -0.1) is 0 Å². The van der Waals surface area contributed by atoms with Gasteiger partial charge in [0.05, 0.1) is 11.4 Å². The zero-order valence-corrected chi connectivity index (χ0v) is 23.8. The van der Waals surface area contributed by atoms with Crippen molar-refractivity contribution < 1.29 is 0 Å². The summed E-state index contributed by atoms with van der Waals surface area (Å²) >= 11 is 0. The lowest BCUT2D eigenvalue weighted by Crippen LogP contribution is -1.99. The normalized spacial score (nSPS) is 12.1. The van der Waals surface area contributed by atoms with E-state index in [1.165, 1.54) is 66.1 Å². The molecule has 0 saturated carbocycles. The fraction of sp³-hybridized carbons (Fsp3) is 0. The Balaban J connectivity index is 1.32. The Bertz CT molecular complexity index is 2470. The molecule has 0 atom stereocenters.